The van der Waals surface area contributed by atoms with Crippen LogP contribution in [0.25, 0.3) is 0 Å². The van der Waals surface area contributed by atoms with Crippen LogP contribution in [0.2, 0.25) is 0 Å². The summed E-state index contributed by atoms with van der Waals surface area (Å²) in [6.45, 7) is 13.6. The number of halogens is 2. The van der Waals surface area contributed by atoms with Crippen LogP contribution in [0.1, 0.15) is 27.2 Å². The van der Waals surface area contributed by atoms with Crippen molar-refractivity contribution >= 4 is 29.9 Å². The lowest BCUT2D eigenvalue weighted by atomic mass is 10.2. The smallest absolute Gasteiger partial charge is 0.191 e. The Morgan fingerprint density at radius 3 is 2.45 bits per heavy atom. The number of nitrogens with zero attached hydrogens (tertiary/aromatic N) is 3. The van der Waals surface area contributed by atoms with Gasteiger partial charge >= 0.3 is 0 Å². The van der Waals surface area contributed by atoms with E-state index in [0.29, 0.717) is 18.3 Å². The molecule has 2 unspecified atom stereocenters. The number of rotatable bonds is 9. The molecule has 2 N–H and O–H groups in total. The van der Waals surface area contributed by atoms with Gasteiger partial charge in [0.1, 0.15) is 17.7 Å². The molecule has 0 aromatic heterocycles. The summed E-state index contributed by atoms with van der Waals surface area (Å²) in [5, 5.41) is 6.74. The van der Waals surface area contributed by atoms with Crippen LogP contribution in [0.3, 0.4) is 0 Å². The Labute approximate surface area is 192 Å². The van der Waals surface area contributed by atoms with Gasteiger partial charge < -0.3 is 20.3 Å². The van der Waals surface area contributed by atoms with Gasteiger partial charge in [-0.15, -0.1) is 24.0 Å². The molecule has 1 aliphatic rings. The number of hydrogen-bond acceptors (Lipinski definition) is 4. The zero-order chi connectivity index (χ0) is 20.4. The Morgan fingerprint density at radius 2 is 1.86 bits per heavy atom. The number of ether oxygens (including phenoxy) is 1. The third-order valence-electron chi connectivity index (χ3n) is 5.32. The van der Waals surface area contributed by atoms with Gasteiger partial charge in [-0.2, -0.15) is 0 Å². The summed E-state index contributed by atoms with van der Waals surface area (Å²) in [7, 11) is 1.77. The van der Waals surface area contributed by atoms with Crippen LogP contribution in [-0.2, 0) is 0 Å². The van der Waals surface area contributed by atoms with E-state index in [0.717, 1.165) is 51.6 Å². The van der Waals surface area contributed by atoms with Crippen LogP contribution < -0.4 is 15.4 Å². The second kappa shape index (κ2) is 14.0. The molecule has 0 radical (unpaired) electrons. The van der Waals surface area contributed by atoms with Crippen molar-refractivity contribution in [2.75, 3.05) is 52.9 Å². The topological polar surface area (TPSA) is 52.1 Å². The van der Waals surface area contributed by atoms with Gasteiger partial charge in [-0.1, -0.05) is 19.9 Å². The molecule has 0 bridgehead atoms. The molecule has 29 heavy (non-hydrogen) atoms. The van der Waals surface area contributed by atoms with E-state index >= 15 is 0 Å². The summed E-state index contributed by atoms with van der Waals surface area (Å²) < 4.78 is 19.2. The standard InChI is InChI=1S/C21H36FN5O.HI/c1-5-19(28-20-9-7-8-18(22)14-20)16-25-21(23-4)24-15-17(3)27-12-10-26(6-2)11-13-27;/h7-9,14,17,19H,5-6,10-13,15-16H2,1-4H3,(H2,23,24,25);1H. The second-order valence-corrected chi connectivity index (χ2v) is 7.26. The minimum Gasteiger partial charge on any atom is -0.489 e. The lowest BCUT2D eigenvalue weighted by Gasteiger charge is -2.37. The zero-order valence-corrected chi connectivity index (χ0v) is 20.5. The van der Waals surface area contributed by atoms with Gasteiger partial charge in [0, 0.05) is 51.9 Å². The van der Waals surface area contributed by atoms with Gasteiger partial charge in [0.05, 0.1) is 6.54 Å². The highest BCUT2D eigenvalue weighted by Crippen LogP contribution is 2.14. The molecular weight excluding hydrogens is 484 g/mol. The summed E-state index contributed by atoms with van der Waals surface area (Å²) in [4.78, 5) is 9.32. The number of guanidine groups is 1. The number of benzene rings is 1. The van der Waals surface area contributed by atoms with Gasteiger partial charge in [0.2, 0.25) is 0 Å². The van der Waals surface area contributed by atoms with Crippen LogP contribution in [0.4, 0.5) is 4.39 Å². The Balaban J connectivity index is 0.00000420. The van der Waals surface area contributed by atoms with E-state index in [1.54, 1.807) is 19.2 Å². The lowest BCUT2D eigenvalue weighted by Crippen LogP contribution is -2.53. The van der Waals surface area contributed by atoms with Crippen LogP contribution in [0.15, 0.2) is 29.3 Å². The van der Waals surface area contributed by atoms with Gasteiger partial charge in [-0.25, -0.2) is 4.39 Å². The van der Waals surface area contributed by atoms with Crippen molar-refractivity contribution in [2.45, 2.75) is 39.3 Å². The maximum absolute atomic E-state index is 13.3. The SMILES string of the molecule is CCC(CNC(=NC)NCC(C)N1CCN(CC)CC1)Oc1cccc(F)c1.I. The molecule has 0 amide bonds. The van der Waals surface area contributed by atoms with E-state index in [-0.39, 0.29) is 35.9 Å². The Kier molecular flexibility index (Phi) is 12.5. The van der Waals surface area contributed by atoms with E-state index < -0.39 is 0 Å². The summed E-state index contributed by atoms with van der Waals surface area (Å²) in [5.41, 5.74) is 0. The predicted octanol–water partition coefficient (Wildman–Crippen LogP) is 2.79. The Morgan fingerprint density at radius 1 is 1.17 bits per heavy atom. The number of hydrogen-bond donors (Lipinski definition) is 2. The molecule has 1 aromatic carbocycles. The first-order valence-corrected chi connectivity index (χ1v) is 10.4. The van der Waals surface area contributed by atoms with E-state index in [1.807, 2.05) is 0 Å². The lowest BCUT2D eigenvalue weighted by molar-refractivity contribution is 0.107. The highest BCUT2D eigenvalue weighted by atomic mass is 127. The molecule has 0 aliphatic carbocycles. The fraction of sp³-hybridized carbons (Fsp3) is 0.667. The normalized spacial score (nSPS) is 17.9. The molecule has 8 heteroatoms. The highest BCUT2D eigenvalue weighted by molar-refractivity contribution is 14.0. The van der Waals surface area contributed by atoms with E-state index in [4.69, 9.17) is 4.74 Å². The average molecular weight is 521 g/mol. The quantitative estimate of drug-likeness (QED) is 0.298. The largest absolute Gasteiger partial charge is 0.489 e. The van der Waals surface area contributed by atoms with Gasteiger partial charge in [-0.05, 0) is 32.0 Å². The van der Waals surface area contributed by atoms with Crippen molar-refractivity contribution < 1.29 is 9.13 Å². The summed E-state index contributed by atoms with van der Waals surface area (Å²) in [6, 6.07) is 6.71. The minimum absolute atomic E-state index is 0. The molecule has 2 rings (SSSR count). The zero-order valence-electron chi connectivity index (χ0n) is 18.2. The summed E-state index contributed by atoms with van der Waals surface area (Å²) in [5.74, 6) is 1.03. The first-order chi connectivity index (χ1) is 13.5. The van der Waals surface area contributed by atoms with E-state index in [9.17, 15) is 4.39 Å². The van der Waals surface area contributed by atoms with Crippen molar-refractivity contribution in [3.05, 3.63) is 30.1 Å². The molecule has 1 aromatic rings. The fourth-order valence-corrected chi connectivity index (χ4v) is 3.33. The number of piperazine rings is 1. The molecular formula is C21H37FIN5O. The predicted molar refractivity (Wildman–Crippen MR) is 129 cm³/mol. The third kappa shape index (κ3) is 9.04. The molecule has 1 fully saturated rings. The van der Waals surface area contributed by atoms with Crippen LogP contribution in [0, 0.1) is 5.82 Å². The van der Waals surface area contributed by atoms with Crippen molar-refractivity contribution in [2.24, 2.45) is 4.99 Å². The molecule has 1 heterocycles. The maximum Gasteiger partial charge on any atom is 0.191 e. The Bertz CT molecular complexity index is 610. The van der Waals surface area contributed by atoms with Gasteiger partial charge in [-0.3, -0.25) is 9.89 Å². The van der Waals surface area contributed by atoms with Crippen molar-refractivity contribution in [3.8, 4) is 5.75 Å². The average Bonchev–Trinajstić information content (AvgIpc) is 2.72. The monoisotopic (exact) mass is 521 g/mol. The van der Waals surface area contributed by atoms with Crippen molar-refractivity contribution in [1.82, 2.24) is 20.4 Å². The first-order valence-electron chi connectivity index (χ1n) is 10.4. The molecule has 166 valence electrons. The summed E-state index contributed by atoms with van der Waals surface area (Å²) in [6.07, 6.45) is 0.762. The van der Waals surface area contributed by atoms with Crippen molar-refractivity contribution in [1.29, 1.82) is 0 Å². The first kappa shape index (κ1) is 25.9. The molecule has 0 saturated carbocycles. The van der Waals surface area contributed by atoms with Crippen LogP contribution >= 0.6 is 24.0 Å². The van der Waals surface area contributed by atoms with Crippen LogP contribution in [0.5, 0.6) is 5.75 Å². The highest BCUT2D eigenvalue weighted by Gasteiger charge is 2.20. The molecule has 1 aliphatic heterocycles. The minimum atomic E-state index is -0.286. The van der Waals surface area contributed by atoms with Crippen molar-refractivity contribution in [3.63, 3.8) is 0 Å². The molecule has 2 atom stereocenters. The number of nitrogens with one attached hydrogen (secondary N) is 2. The summed E-state index contributed by atoms with van der Waals surface area (Å²) >= 11 is 0. The number of likely N-dealkylation sites (N-methyl/N-ethyl adjacent to an activating group) is 1. The van der Waals surface area contributed by atoms with E-state index in [2.05, 4.69) is 46.2 Å². The molecule has 0 spiro atoms. The van der Waals surface area contributed by atoms with E-state index in [1.165, 1.54) is 12.1 Å². The maximum atomic E-state index is 13.3. The molecule has 6 nitrogen and oxygen atoms in total. The number of aliphatic imine (C=N–C) groups is 1. The fourth-order valence-electron chi connectivity index (χ4n) is 3.33. The third-order valence-corrected chi connectivity index (χ3v) is 5.32. The van der Waals surface area contributed by atoms with Gasteiger partial charge in [0.15, 0.2) is 5.96 Å². The second-order valence-electron chi connectivity index (χ2n) is 7.26. The van der Waals surface area contributed by atoms with Crippen LogP contribution in [-0.4, -0.2) is 80.8 Å². The molecule has 1 saturated heterocycles. The van der Waals surface area contributed by atoms with Gasteiger partial charge in [0.25, 0.3) is 0 Å². The Hall–Kier alpha value is -1.13.